The van der Waals surface area contributed by atoms with E-state index in [0.29, 0.717) is 0 Å². The topological polar surface area (TPSA) is 29.0 Å². The van der Waals surface area contributed by atoms with Crippen LogP contribution in [-0.4, -0.2) is 23.8 Å². The van der Waals surface area contributed by atoms with Gasteiger partial charge in [-0.15, -0.1) is 10.2 Å². The third-order valence-corrected chi connectivity index (χ3v) is 2.35. The largest absolute Gasteiger partial charge is 0.350 e. The van der Waals surface area contributed by atoms with Gasteiger partial charge >= 0.3 is 0 Å². The molecule has 0 aliphatic heterocycles. The van der Waals surface area contributed by atoms with E-state index in [1.54, 1.807) is 11.3 Å². The highest BCUT2D eigenvalue weighted by Crippen LogP contribution is 2.17. The van der Waals surface area contributed by atoms with Crippen molar-refractivity contribution in [1.29, 1.82) is 0 Å². The van der Waals surface area contributed by atoms with Crippen molar-refractivity contribution < 1.29 is 0 Å². The van der Waals surface area contributed by atoms with Crippen LogP contribution in [0.2, 0.25) is 0 Å². The first-order valence-corrected chi connectivity index (χ1v) is 4.57. The number of aryl methyl sites for hydroxylation is 1. The van der Waals surface area contributed by atoms with Crippen molar-refractivity contribution in [3.05, 3.63) is 5.01 Å². The van der Waals surface area contributed by atoms with Crippen LogP contribution in [-0.2, 0) is 0 Å². The van der Waals surface area contributed by atoms with E-state index in [2.05, 4.69) is 22.0 Å². The summed E-state index contributed by atoms with van der Waals surface area (Å²) in [5, 5.41) is 10.0. The molecule has 1 aromatic rings. The van der Waals surface area contributed by atoms with Gasteiger partial charge in [-0.25, -0.2) is 0 Å². The molecule has 3 nitrogen and oxygen atoms in total. The smallest absolute Gasteiger partial charge is 0.208 e. The van der Waals surface area contributed by atoms with Crippen molar-refractivity contribution in [3.8, 4) is 0 Å². The molecule has 0 radical (unpaired) electrons. The van der Waals surface area contributed by atoms with Crippen LogP contribution in [0.1, 0.15) is 18.4 Å². The van der Waals surface area contributed by atoms with Crippen molar-refractivity contribution >= 4 is 16.5 Å². The molecule has 0 aliphatic carbocycles. The Morgan fingerprint density at radius 1 is 1.45 bits per heavy atom. The molecule has 4 heteroatoms. The Bertz CT molecular complexity index is 221. The Kier molecular flexibility index (Phi) is 2.82. The van der Waals surface area contributed by atoms with Crippen molar-refractivity contribution in [2.45, 2.75) is 20.3 Å². The van der Waals surface area contributed by atoms with Crippen LogP contribution in [0.4, 0.5) is 5.13 Å². The Hall–Kier alpha value is -0.640. The quantitative estimate of drug-likeness (QED) is 0.693. The van der Waals surface area contributed by atoms with Crippen molar-refractivity contribution in [2.24, 2.45) is 0 Å². The summed E-state index contributed by atoms with van der Waals surface area (Å²) in [6.07, 6.45) is 1.15. The van der Waals surface area contributed by atoms with Gasteiger partial charge in [0.25, 0.3) is 0 Å². The third kappa shape index (κ3) is 2.15. The number of hydrogen-bond acceptors (Lipinski definition) is 4. The van der Waals surface area contributed by atoms with Gasteiger partial charge < -0.3 is 4.90 Å². The van der Waals surface area contributed by atoms with E-state index in [0.717, 1.165) is 23.1 Å². The van der Waals surface area contributed by atoms with Crippen LogP contribution in [0.15, 0.2) is 0 Å². The van der Waals surface area contributed by atoms with Gasteiger partial charge in [-0.1, -0.05) is 18.3 Å². The SMILES string of the molecule is CCCN(C)c1nnc(C)s1. The van der Waals surface area contributed by atoms with E-state index in [1.807, 2.05) is 14.0 Å². The van der Waals surface area contributed by atoms with Crippen molar-refractivity contribution in [3.63, 3.8) is 0 Å². The monoisotopic (exact) mass is 171 g/mol. The van der Waals surface area contributed by atoms with Gasteiger partial charge in [0.2, 0.25) is 5.13 Å². The second kappa shape index (κ2) is 3.67. The Balaban J connectivity index is 2.60. The molecule has 1 rings (SSSR count). The molecule has 0 spiro atoms. The lowest BCUT2D eigenvalue weighted by Crippen LogP contribution is -2.17. The number of nitrogens with zero attached hydrogens (tertiary/aromatic N) is 3. The van der Waals surface area contributed by atoms with E-state index in [-0.39, 0.29) is 0 Å². The third-order valence-electron chi connectivity index (χ3n) is 1.40. The van der Waals surface area contributed by atoms with Crippen LogP contribution < -0.4 is 4.90 Å². The van der Waals surface area contributed by atoms with Gasteiger partial charge in [0.1, 0.15) is 5.01 Å². The van der Waals surface area contributed by atoms with Crippen LogP contribution in [0.25, 0.3) is 0 Å². The fourth-order valence-electron chi connectivity index (χ4n) is 0.871. The molecule has 62 valence electrons. The highest BCUT2D eigenvalue weighted by molar-refractivity contribution is 7.15. The standard InChI is InChI=1S/C7H13N3S/c1-4-5-10(3)7-9-8-6(2)11-7/h4-5H2,1-3H3. The predicted octanol–water partition coefficient (Wildman–Crippen LogP) is 1.69. The van der Waals surface area contributed by atoms with Crippen LogP contribution >= 0.6 is 11.3 Å². The summed E-state index contributed by atoms with van der Waals surface area (Å²) >= 11 is 1.64. The molecule has 0 aromatic carbocycles. The van der Waals surface area contributed by atoms with Gasteiger partial charge in [0.15, 0.2) is 0 Å². The fraction of sp³-hybridized carbons (Fsp3) is 0.714. The summed E-state index contributed by atoms with van der Waals surface area (Å²) in [4.78, 5) is 2.13. The maximum Gasteiger partial charge on any atom is 0.208 e. The lowest BCUT2D eigenvalue weighted by molar-refractivity contribution is 0.837. The maximum absolute atomic E-state index is 4.03. The minimum Gasteiger partial charge on any atom is -0.350 e. The molecule has 0 saturated carbocycles. The fourth-order valence-corrected chi connectivity index (χ4v) is 1.55. The van der Waals surface area contributed by atoms with E-state index in [9.17, 15) is 0 Å². The second-order valence-electron chi connectivity index (χ2n) is 2.53. The highest BCUT2D eigenvalue weighted by Gasteiger charge is 2.03. The van der Waals surface area contributed by atoms with E-state index >= 15 is 0 Å². The average molecular weight is 171 g/mol. The zero-order valence-corrected chi connectivity index (χ0v) is 7.98. The molecule has 0 amide bonds. The van der Waals surface area contributed by atoms with Crippen LogP contribution in [0.3, 0.4) is 0 Å². The molecule has 0 saturated heterocycles. The molecule has 0 bridgehead atoms. The zero-order valence-electron chi connectivity index (χ0n) is 7.16. The molecular weight excluding hydrogens is 158 g/mol. The van der Waals surface area contributed by atoms with E-state index < -0.39 is 0 Å². The molecule has 1 heterocycles. The lowest BCUT2D eigenvalue weighted by Gasteiger charge is -2.12. The summed E-state index contributed by atoms with van der Waals surface area (Å²) in [6.45, 7) is 5.18. The highest BCUT2D eigenvalue weighted by atomic mass is 32.1. The first-order valence-electron chi connectivity index (χ1n) is 3.75. The zero-order chi connectivity index (χ0) is 8.27. The molecule has 0 aliphatic rings. The summed E-state index contributed by atoms with van der Waals surface area (Å²) in [5.41, 5.74) is 0. The Morgan fingerprint density at radius 3 is 2.64 bits per heavy atom. The van der Waals surface area contributed by atoms with Crippen molar-refractivity contribution in [2.75, 3.05) is 18.5 Å². The number of aromatic nitrogens is 2. The number of hydrogen-bond donors (Lipinski definition) is 0. The van der Waals surface area contributed by atoms with Gasteiger partial charge in [0, 0.05) is 13.6 Å². The van der Waals surface area contributed by atoms with Crippen LogP contribution in [0, 0.1) is 6.92 Å². The second-order valence-corrected chi connectivity index (χ2v) is 3.69. The average Bonchev–Trinajstić information content (AvgIpc) is 2.36. The first-order chi connectivity index (χ1) is 5.24. The molecule has 0 fully saturated rings. The molecular formula is C7H13N3S. The Labute approximate surface area is 71.1 Å². The molecule has 0 atom stereocenters. The molecule has 1 aromatic heterocycles. The van der Waals surface area contributed by atoms with Crippen LogP contribution in [0.5, 0.6) is 0 Å². The van der Waals surface area contributed by atoms with Gasteiger partial charge in [0.05, 0.1) is 0 Å². The summed E-state index contributed by atoms with van der Waals surface area (Å²) in [5.74, 6) is 0. The van der Waals surface area contributed by atoms with Gasteiger partial charge in [-0.3, -0.25) is 0 Å². The Morgan fingerprint density at radius 2 is 2.18 bits per heavy atom. The number of anilines is 1. The minimum atomic E-state index is 1.02. The molecule has 0 unspecified atom stereocenters. The van der Waals surface area contributed by atoms with E-state index in [4.69, 9.17) is 0 Å². The summed E-state index contributed by atoms with van der Waals surface area (Å²) < 4.78 is 0. The minimum absolute atomic E-state index is 1.02. The first kappa shape index (κ1) is 8.46. The van der Waals surface area contributed by atoms with Crippen molar-refractivity contribution in [1.82, 2.24) is 10.2 Å². The summed E-state index contributed by atoms with van der Waals surface area (Å²) in [6, 6.07) is 0. The molecule has 0 N–H and O–H groups in total. The predicted molar refractivity (Wildman–Crippen MR) is 48.2 cm³/mol. The van der Waals surface area contributed by atoms with Gasteiger partial charge in [-0.2, -0.15) is 0 Å². The van der Waals surface area contributed by atoms with E-state index in [1.165, 1.54) is 0 Å². The number of rotatable bonds is 3. The normalized spacial score (nSPS) is 10.1. The maximum atomic E-state index is 4.03. The summed E-state index contributed by atoms with van der Waals surface area (Å²) in [7, 11) is 2.05. The lowest BCUT2D eigenvalue weighted by atomic mass is 10.5. The van der Waals surface area contributed by atoms with Gasteiger partial charge in [-0.05, 0) is 13.3 Å². The molecule has 11 heavy (non-hydrogen) atoms.